The molecule has 3 rings (SSSR count). The number of halogens is 1. The third-order valence-electron chi connectivity index (χ3n) is 4.30. The molecular formula is C19H27IN4O3. The number of rotatable bonds is 7. The van der Waals surface area contributed by atoms with Gasteiger partial charge < -0.3 is 24.6 Å². The van der Waals surface area contributed by atoms with Crippen molar-refractivity contribution in [2.45, 2.75) is 33.6 Å². The molecule has 1 aromatic heterocycles. The Morgan fingerprint density at radius 2 is 1.96 bits per heavy atom. The van der Waals surface area contributed by atoms with Gasteiger partial charge in [0, 0.05) is 25.2 Å². The Balaban J connectivity index is 0.00000261. The average Bonchev–Trinajstić information content (AvgIpc) is 3.22. The first kappa shape index (κ1) is 21.3. The topological polar surface area (TPSA) is 80.9 Å². The standard InChI is InChI=1S/C19H26N4O3.HI/c1-4-20-19(22-10-8-16-13(2)23-26-14(16)3)21-9-7-15-5-6-17-18(11-15)25-12-24-17;/h5-6,11H,4,7-10,12H2,1-3H3,(H2,20,21,22);1H. The van der Waals surface area contributed by atoms with Gasteiger partial charge in [-0.3, -0.25) is 4.99 Å². The Morgan fingerprint density at radius 3 is 2.70 bits per heavy atom. The normalized spacial score (nSPS) is 12.6. The molecule has 2 N–H and O–H groups in total. The maximum absolute atomic E-state index is 5.42. The van der Waals surface area contributed by atoms with Gasteiger partial charge in [-0.25, -0.2) is 0 Å². The van der Waals surface area contributed by atoms with E-state index in [2.05, 4.69) is 33.8 Å². The molecule has 2 aromatic rings. The van der Waals surface area contributed by atoms with Crippen molar-refractivity contribution in [2.24, 2.45) is 4.99 Å². The van der Waals surface area contributed by atoms with E-state index in [1.807, 2.05) is 26.0 Å². The number of hydrogen-bond donors (Lipinski definition) is 2. The zero-order chi connectivity index (χ0) is 18.4. The smallest absolute Gasteiger partial charge is 0.231 e. The van der Waals surface area contributed by atoms with Crippen molar-refractivity contribution in [1.82, 2.24) is 15.8 Å². The summed E-state index contributed by atoms with van der Waals surface area (Å²) in [5.41, 5.74) is 3.29. The Bertz CT molecular complexity index is 757. The van der Waals surface area contributed by atoms with E-state index in [0.717, 1.165) is 60.4 Å². The van der Waals surface area contributed by atoms with Gasteiger partial charge in [-0.15, -0.1) is 24.0 Å². The number of benzene rings is 1. The van der Waals surface area contributed by atoms with Crippen LogP contribution in [0.4, 0.5) is 0 Å². The van der Waals surface area contributed by atoms with E-state index in [-0.39, 0.29) is 24.0 Å². The summed E-state index contributed by atoms with van der Waals surface area (Å²) in [6.07, 6.45) is 1.70. The van der Waals surface area contributed by atoms with Crippen molar-refractivity contribution in [2.75, 3.05) is 26.4 Å². The van der Waals surface area contributed by atoms with Crippen LogP contribution in [0.15, 0.2) is 27.7 Å². The lowest BCUT2D eigenvalue weighted by Gasteiger charge is -2.11. The van der Waals surface area contributed by atoms with Crippen LogP contribution in [0.1, 0.15) is 29.5 Å². The summed E-state index contributed by atoms with van der Waals surface area (Å²) in [5, 5.41) is 10.6. The molecule has 8 heteroatoms. The van der Waals surface area contributed by atoms with E-state index >= 15 is 0 Å². The van der Waals surface area contributed by atoms with Gasteiger partial charge in [-0.2, -0.15) is 0 Å². The summed E-state index contributed by atoms with van der Waals surface area (Å²) in [7, 11) is 0. The summed E-state index contributed by atoms with van der Waals surface area (Å²) in [4.78, 5) is 4.64. The summed E-state index contributed by atoms with van der Waals surface area (Å²) in [6, 6.07) is 6.06. The number of nitrogens with zero attached hydrogens (tertiary/aromatic N) is 2. The molecule has 0 saturated heterocycles. The van der Waals surface area contributed by atoms with Crippen LogP contribution in [0.3, 0.4) is 0 Å². The highest BCUT2D eigenvalue weighted by Crippen LogP contribution is 2.32. The molecule has 27 heavy (non-hydrogen) atoms. The van der Waals surface area contributed by atoms with Crippen LogP contribution in [0.2, 0.25) is 0 Å². The molecule has 0 fully saturated rings. The molecule has 0 spiro atoms. The highest BCUT2D eigenvalue weighted by molar-refractivity contribution is 14.0. The summed E-state index contributed by atoms with van der Waals surface area (Å²) < 4.78 is 16.0. The maximum Gasteiger partial charge on any atom is 0.231 e. The predicted molar refractivity (Wildman–Crippen MR) is 115 cm³/mol. The quantitative estimate of drug-likeness (QED) is 0.356. The molecule has 0 bridgehead atoms. The van der Waals surface area contributed by atoms with Gasteiger partial charge in [0.05, 0.1) is 5.69 Å². The number of aromatic nitrogens is 1. The number of guanidine groups is 1. The molecule has 7 nitrogen and oxygen atoms in total. The first-order chi connectivity index (χ1) is 12.7. The van der Waals surface area contributed by atoms with Crippen LogP contribution in [0.5, 0.6) is 11.5 Å². The van der Waals surface area contributed by atoms with Gasteiger partial charge in [0.25, 0.3) is 0 Å². The van der Waals surface area contributed by atoms with E-state index < -0.39 is 0 Å². The lowest BCUT2D eigenvalue weighted by atomic mass is 10.1. The number of fused-ring (bicyclic) bond motifs is 1. The molecule has 0 aliphatic carbocycles. The minimum atomic E-state index is 0. The molecule has 0 saturated carbocycles. The summed E-state index contributed by atoms with van der Waals surface area (Å²) in [6.45, 7) is 8.56. The van der Waals surface area contributed by atoms with Crippen LogP contribution < -0.4 is 20.1 Å². The summed E-state index contributed by atoms with van der Waals surface area (Å²) >= 11 is 0. The van der Waals surface area contributed by atoms with Crippen molar-refractivity contribution in [3.05, 3.63) is 40.8 Å². The van der Waals surface area contributed by atoms with Gasteiger partial charge >= 0.3 is 0 Å². The highest BCUT2D eigenvalue weighted by atomic mass is 127. The SMILES string of the molecule is CCNC(=NCCc1c(C)noc1C)NCCc1ccc2c(c1)OCO2.I. The zero-order valence-electron chi connectivity index (χ0n) is 16.0. The van der Waals surface area contributed by atoms with E-state index in [9.17, 15) is 0 Å². The van der Waals surface area contributed by atoms with Gasteiger partial charge in [0.2, 0.25) is 6.79 Å². The molecule has 1 aromatic carbocycles. The Labute approximate surface area is 176 Å². The zero-order valence-corrected chi connectivity index (χ0v) is 18.3. The molecule has 1 aliphatic heterocycles. The first-order valence-corrected chi connectivity index (χ1v) is 9.00. The Morgan fingerprint density at radius 1 is 1.15 bits per heavy atom. The Kier molecular flexibility index (Phi) is 8.21. The van der Waals surface area contributed by atoms with E-state index in [4.69, 9.17) is 14.0 Å². The predicted octanol–water partition coefficient (Wildman–Crippen LogP) is 2.98. The molecule has 1 aliphatic rings. The van der Waals surface area contributed by atoms with Crippen molar-refractivity contribution in [3.63, 3.8) is 0 Å². The lowest BCUT2D eigenvalue weighted by Crippen LogP contribution is -2.38. The fourth-order valence-electron chi connectivity index (χ4n) is 2.90. The average molecular weight is 486 g/mol. The molecule has 0 amide bonds. The van der Waals surface area contributed by atoms with Crippen molar-refractivity contribution < 1.29 is 14.0 Å². The largest absolute Gasteiger partial charge is 0.454 e. The third kappa shape index (κ3) is 5.75. The van der Waals surface area contributed by atoms with E-state index in [0.29, 0.717) is 13.3 Å². The lowest BCUT2D eigenvalue weighted by molar-refractivity contribution is 0.174. The van der Waals surface area contributed by atoms with Gasteiger partial charge in [0.1, 0.15) is 5.76 Å². The second kappa shape index (κ2) is 10.4. The van der Waals surface area contributed by atoms with E-state index in [1.54, 1.807) is 0 Å². The molecule has 0 radical (unpaired) electrons. The van der Waals surface area contributed by atoms with Crippen LogP contribution in [0, 0.1) is 13.8 Å². The van der Waals surface area contributed by atoms with Crippen LogP contribution in [-0.2, 0) is 12.8 Å². The highest BCUT2D eigenvalue weighted by Gasteiger charge is 2.13. The van der Waals surface area contributed by atoms with Crippen LogP contribution >= 0.6 is 24.0 Å². The molecule has 0 unspecified atom stereocenters. The Hall–Kier alpha value is -1.97. The minimum Gasteiger partial charge on any atom is -0.454 e. The molecule has 2 heterocycles. The number of nitrogens with one attached hydrogen (secondary N) is 2. The molecular weight excluding hydrogens is 459 g/mol. The van der Waals surface area contributed by atoms with Crippen molar-refractivity contribution >= 4 is 29.9 Å². The van der Waals surface area contributed by atoms with Crippen molar-refractivity contribution in [3.8, 4) is 11.5 Å². The molecule has 148 valence electrons. The number of aliphatic imine (C=N–C) groups is 1. The van der Waals surface area contributed by atoms with Crippen LogP contribution in [0.25, 0.3) is 0 Å². The van der Waals surface area contributed by atoms with Gasteiger partial charge in [-0.1, -0.05) is 11.2 Å². The summed E-state index contributed by atoms with van der Waals surface area (Å²) in [5.74, 6) is 3.33. The van der Waals surface area contributed by atoms with Crippen molar-refractivity contribution in [1.29, 1.82) is 0 Å². The number of ether oxygens (including phenoxy) is 2. The fraction of sp³-hybridized carbons (Fsp3) is 0.474. The van der Waals surface area contributed by atoms with Gasteiger partial charge in [0.15, 0.2) is 17.5 Å². The maximum atomic E-state index is 5.42. The second-order valence-electron chi connectivity index (χ2n) is 6.18. The number of aryl methyl sites for hydroxylation is 2. The monoisotopic (exact) mass is 486 g/mol. The fourth-order valence-corrected chi connectivity index (χ4v) is 2.90. The third-order valence-corrected chi connectivity index (χ3v) is 4.30. The minimum absolute atomic E-state index is 0. The number of hydrogen-bond acceptors (Lipinski definition) is 5. The molecule has 0 atom stereocenters. The van der Waals surface area contributed by atoms with Gasteiger partial charge in [-0.05, 0) is 51.3 Å². The van der Waals surface area contributed by atoms with Crippen LogP contribution in [-0.4, -0.2) is 37.5 Å². The first-order valence-electron chi connectivity index (χ1n) is 9.00. The second-order valence-corrected chi connectivity index (χ2v) is 6.18. The van der Waals surface area contributed by atoms with E-state index in [1.165, 1.54) is 5.56 Å².